The van der Waals surface area contributed by atoms with Crippen LogP contribution >= 0.6 is 22.9 Å². The standard InChI is InChI=1S/C19H18ClN3O2S/c1-10-21-17(13-6-7-26-18(13)22-10)15-9-14(15)12-5-4-11(8-16(12)20)19(24)23(2)25-3/h4-8,14-15H,9H2,1-3H3. The summed E-state index contributed by atoms with van der Waals surface area (Å²) in [5, 5.41) is 4.99. The van der Waals surface area contributed by atoms with Gasteiger partial charge in [0, 0.05) is 28.9 Å². The van der Waals surface area contributed by atoms with Crippen LogP contribution in [0.15, 0.2) is 29.6 Å². The van der Waals surface area contributed by atoms with Crippen LogP contribution in [0.25, 0.3) is 10.2 Å². The predicted molar refractivity (Wildman–Crippen MR) is 103 cm³/mol. The second kappa shape index (κ2) is 6.61. The molecular weight excluding hydrogens is 370 g/mol. The number of carbonyl (C=O) groups is 1. The number of nitrogens with zero attached hydrogens (tertiary/aromatic N) is 3. The highest BCUT2D eigenvalue weighted by Crippen LogP contribution is 2.57. The van der Waals surface area contributed by atoms with Gasteiger partial charge in [-0.1, -0.05) is 17.7 Å². The van der Waals surface area contributed by atoms with Gasteiger partial charge < -0.3 is 0 Å². The van der Waals surface area contributed by atoms with E-state index in [1.54, 1.807) is 30.5 Å². The van der Waals surface area contributed by atoms with Crippen molar-refractivity contribution in [2.24, 2.45) is 0 Å². The van der Waals surface area contributed by atoms with Gasteiger partial charge in [0.05, 0.1) is 12.8 Å². The molecule has 26 heavy (non-hydrogen) atoms. The average Bonchev–Trinajstić information content (AvgIpc) is 3.28. The lowest BCUT2D eigenvalue weighted by molar-refractivity contribution is -0.0756. The van der Waals surface area contributed by atoms with Crippen LogP contribution in [0.2, 0.25) is 5.02 Å². The van der Waals surface area contributed by atoms with Crippen LogP contribution in [-0.2, 0) is 4.84 Å². The van der Waals surface area contributed by atoms with Gasteiger partial charge in [0.15, 0.2) is 0 Å². The molecule has 0 radical (unpaired) electrons. The topological polar surface area (TPSA) is 55.3 Å². The van der Waals surface area contributed by atoms with Crippen LogP contribution in [0.1, 0.15) is 45.7 Å². The number of aryl methyl sites for hydroxylation is 1. The number of carbonyl (C=O) groups excluding carboxylic acids is 1. The highest BCUT2D eigenvalue weighted by molar-refractivity contribution is 7.16. The number of rotatable bonds is 4. The fourth-order valence-corrected chi connectivity index (χ4v) is 4.48. The predicted octanol–water partition coefficient (Wildman–Crippen LogP) is 4.56. The smallest absolute Gasteiger partial charge is 0.274 e. The summed E-state index contributed by atoms with van der Waals surface area (Å²) >= 11 is 8.14. The van der Waals surface area contributed by atoms with Gasteiger partial charge in [-0.2, -0.15) is 0 Å². The third-order valence-electron chi connectivity index (χ3n) is 4.81. The van der Waals surface area contributed by atoms with Crippen LogP contribution < -0.4 is 0 Å². The van der Waals surface area contributed by atoms with Gasteiger partial charge in [-0.3, -0.25) is 9.63 Å². The Morgan fingerprint density at radius 3 is 2.85 bits per heavy atom. The first kappa shape index (κ1) is 17.4. The quantitative estimate of drug-likeness (QED) is 0.616. The van der Waals surface area contributed by atoms with Crippen LogP contribution in [0, 0.1) is 6.92 Å². The van der Waals surface area contributed by atoms with Crippen LogP contribution in [0.3, 0.4) is 0 Å². The Hall–Kier alpha value is -2.02. The van der Waals surface area contributed by atoms with E-state index >= 15 is 0 Å². The minimum atomic E-state index is -0.222. The Morgan fingerprint density at radius 2 is 2.12 bits per heavy atom. The van der Waals surface area contributed by atoms with Gasteiger partial charge in [0.2, 0.25) is 0 Å². The summed E-state index contributed by atoms with van der Waals surface area (Å²) in [5.41, 5.74) is 2.68. The molecule has 3 aromatic rings. The second-order valence-corrected chi connectivity index (χ2v) is 7.77. The van der Waals surface area contributed by atoms with E-state index in [0.29, 0.717) is 22.4 Å². The highest BCUT2D eigenvalue weighted by atomic mass is 35.5. The van der Waals surface area contributed by atoms with Gasteiger partial charge in [0.25, 0.3) is 5.91 Å². The van der Waals surface area contributed by atoms with Crippen molar-refractivity contribution in [3.8, 4) is 0 Å². The molecule has 0 saturated heterocycles. The van der Waals surface area contributed by atoms with Crippen molar-refractivity contribution in [2.75, 3.05) is 14.2 Å². The Morgan fingerprint density at radius 1 is 1.31 bits per heavy atom. The molecule has 2 unspecified atom stereocenters. The molecule has 1 aliphatic carbocycles. The van der Waals surface area contributed by atoms with Crippen LogP contribution in [-0.4, -0.2) is 35.1 Å². The SMILES string of the molecule is CON(C)C(=O)c1ccc(C2CC2c2nc(C)nc3sccc23)c(Cl)c1. The zero-order valence-corrected chi connectivity index (χ0v) is 16.3. The molecule has 1 saturated carbocycles. The summed E-state index contributed by atoms with van der Waals surface area (Å²) < 4.78 is 0. The van der Waals surface area contributed by atoms with Gasteiger partial charge in [-0.05, 0) is 48.4 Å². The maximum Gasteiger partial charge on any atom is 0.277 e. The van der Waals surface area contributed by atoms with Crippen molar-refractivity contribution in [1.29, 1.82) is 0 Å². The van der Waals surface area contributed by atoms with Crippen molar-refractivity contribution in [2.45, 2.75) is 25.2 Å². The molecule has 5 nitrogen and oxygen atoms in total. The van der Waals surface area contributed by atoms with Crippen molar-refractivity contribution in [3.05, 3.63) is 57.3 Å². The zero-order valence-electron chi connectivity index (χ0n) is 14.7. The zero-order chi connectivity index (χ0) is 18.4. The Kier molecular flexibility index (Phi) is 4.42. The number of amides is 1. The van der Waals surface area contributed by atoms with E-state index in [0.717, 1.165) is 33.7 Å². The summed E-state index contributed by atoms with van der Waals surface area (Å²) in [6.45, 7) is 1.93. The minimum Gasteiger partial charge on any atom is -0.274 e. The molecule has 1 aromatic carbocycles. The minimum absolute atomic E-state index is 0.222. The number of fused-ring (bicyclic) bond motifs is 1. The van der Waals surface area contributed by atoms with Crippen LogP contribution in [0.4, 0.5) is 0 Å². The van der Waals surface area contributed by atoms with Crippen molar-refractivity contribution >= 4 is 39.1 Å². The average molecular weight is 388 g/mol. The lowest BCUT2D eigenvalue weighted by Crippen LogP contribution is -2.25. The summed E-state index contributed by atoms with van der Waals surface area (Å²) in [6.07, 6.45) is 1.01. The fourth-order valence-electron chi connectivity index (χ4n) is 3.34. The van der Waals surface area contributed by atoms with E-state index in [1.807, 2.05) is 13.0 Å². The Balaban J connectivity index is 1.62. The summed E-state index contributed by atoms with van der Waals surface area (Å²) in [4.78, 5) is 27.4. The molecule has 2 aromatic heterocycles. The number of aromatic nitrogens is 2. The Labute approximate surface area is 160 Å². The van der Waals surface area contributed by atoms with E-state index < -0.39 is 0 Å². The molecule has 0 bridgehead atoms. The summed E-state index contributed by atoms with van der Waals surface area (Å²) in [7, 11) is 3.03. The van der Waals surface area contributed by atoms with Gasteiger partial charge in [-0.25, -0.2) is 15.0 Å². The Bertz CT molecular complexity index is 1000. The maximum atomic E-state index is 12.2. The number of thiophene rings is 1. The maximum absolute atomic E-state index is 12.2. The van der Waals surface area contributed by atoms with Crippen LogP contribution in [0.5, 0.6) is 0 Å². The lowest BCUT2D eigenvalue weighted by atomic mass is 10.0. The molecule has 1 aliphatic rings. The van der Waals surface area contributed by atoms with Crippen molar-refractivity contribution < 1.29 is 9.63 Å². The lowest BCUT2D eigenvalue weighted by Gasteiger charge is -2.14. The normalized spacial score (nSPS) is 18.9. The molecule has 0 spiro atoms. The van der Waals surface area contributed by atoms with E-state index in [4.69, 9.17) is 21.4 Å². The molecule has 1 amide bonds. The fraction of sp³-hybridized carbons (Fsp3) is 0.316. The molecule has 134 valence electrons. The number of hydrogen-bond donors (Lipinski definition) is 0. The molecule has 0 aliphatic heterocycles. The van der Waals surface area contributed by atoms with E-state index in [9.17, 15) is 4.79 Å². The first-order valence-corrected chi connectivity index (χ1v) is 9.58. The van der Waals surface area contributed by atoms with Crippen molar-refractivity contribution in [1.82, 2.24) is 15.0 Å². The van der Waals surface area contributed by atoms with E-state index in [1.165, 1.54) is 12.2 Å². The second-order valence-electron chi connectivity index (χ2n) is 6.47. The number of hydrogen-bond acceptors (Lipinski definition) is 5. The first-order valence-electron chi connectivity index (χ1n) is 8.33. The molecule has 2 heterocycles. The van der Waals surface area contributed by atoms with E-state index in [-0.39, 0.29) is 5.91 Å². The highest BCUT2D eigenvalue weighted by Gasteiger charge is 2.43. The largest absolute Gasteiger partial charge is 0.277 e. The summed E-state index contributed by atoms with van der Waals surface area (Å²) in [5.74, 6) is 1.24. The number of benzene rings is 1. The molecule has 7 heteroatoms. The molecule has 4 rings (SSSR count). The van der Waals surface area contributed by atoms with Gasteiger partial charge >= 0.3 is 0 Å². The van der Waals surface area contributed by atoms with Crippen molar-refractivity contribution in [3.63, 3.8) is 0 Å². The molecule has 2 atom stereocenters. The third-order valence-corrected chi connectivity index (χ3v) is 5.95. The van der Waals surface area contributed by atoms with Gasteiger partial charge in [0.1, 0.15) is 10.7 Å². The molecule has 0 N–H and O–H groups in total. The molecule has 1 fully saturated rings. The monoisotopic (exact) mass is 387 g/mol. The number of hydroxylamine groups is 2. The third kappa shape index (κ3) is 2.98. The molecular formula is C19H18ClN3O2S. The summed E-state index contributed by atoms with van der Waals surface area (Å²) in [6, 6.07) is 7.56. The first-order chi connectivity index (χ1) is 12.5. The van der Waals surface area contributed by atoms with Gasteiger partial charge in [-0.15, -0.1) is 11.3 Å². The van der Waals surface area contributed by atoms with E-state index in [2.05, 4.69) is 16.4 Å². The number of halogens is 1.